The minimum Gasteiger partial charge on any atom is -0.311 e. The van der Waals surface area contributed by atoms with Gasteiger partial charge in [0.15, 0.2) is 0 Å². The molecule has 0 bridgehead atoms. The second-order valence-electron chi connectivity index (χ2n) is 38.2. The highest BCUT2D eigenvalue weighted by atomic mass is 15.1. The molecule has 706 valence electrons. The van der Waals surface area contributed by atoms with Crippen molar-refractivity contribution in [2.24, 2.45) is 0 Å². The molecule has 0 saturated heterocycles. The number of nitrogens with zero attached hydrogens (tertiary/aromatic N) is 6. The van der Waals surface area contributed by atoms with Crippen molar-refractivity contribution in [2.45, 2.75) is 0 Å². The van der Waals surface area contributed by atoms with Gasteiger partial charge in [0.05, 0.1) is 44.1 Å². The van der Waals surface area contributed by atoms with Gasteiger partial charge in [-0.05, 0) is 253 Å². The number of fused-ring (bicyclic) bond motifs is 12. The van der Waals surface area contributed by atoms with E-state index in [2.05, 4.69) is 635 Å². The van der Waals surface area contributed by atoms with E-state index in [-0.39, 0.29) is 0 Å². The number of anilines is 6. The third-order valence-electron chi connectivity index (χ3n) is 29.3. The Bertz CT molecular complexity index is 9310. The van der Waals surface area contributed by atoms with E-state index in [0.29, 0.717) is 0 Å². The second-order valence-corrected chi connectivity index (χ2v) is 38.2. The Balaban J connectivity index is 0.000000113. The summed E-state index contributed by atoms with van der Waals surface area (Å²) in [6, 6.07) is 218. The van der Waals surface area contributed by atoms with Crippen molar-refractivity contribution < 1.29 is 0 Å². The first-order valence-corrected chi connectivity index (χ1v) is 51.4. The maximum absolute atomic E-state index is 2.44. The first-order chi connectivity index (χ1) is 74.4. The van der Waals surface area contributed by atoms with Crippen molar-refractivity contribution >= 4 is 121 Å². The lowest BCUT2D eigenvalue weighted by molar-refractivity contribution is 1.17. The topological polar surface area (TPSA) is 26.2 Å². The summed E-state index contributed by atoms with van der Waals surface area (Å²) in [5.41, 5.74) is 42.6. The Morgan fingerprint density at radius 3 is 0.607 bits per heavy atom. The predicted octanol–water partition coefficient (Wildman–Crippen LogP) is 39.4. The molecule has 0 fully saturated rings. The van der Waals surface area contributed by atoms with Crippen LogP contribution < -0.4 is 9.80 Å². The molecule has 6 nitrogen and oxygen atoms in total. The molecular weight excluding hydrogens is 1810 g/mol. The van der Waals surface area contributed by atoms with Gasteiger partial charge < -0.3 is 28.1 Å². The van der Waals surface area contributed by atoms with Crippen molar-refractivity contribution in [2.75, 3.05) is 9.80 Å². The molecule has 0 saturated carbocycles. The maximum atomic E-state index is 2.44. The number of hydrogen-bond donors (Lipinski definition) is 0. The molecule has 0 aliphatic carbocycles. The Morgan fingerprint density at radius 2 is 0.293 bits per heavy atom. The molecule has 24 aromatic carbocycles. The van der Waals surface area contributed by atoms with Crippen LogP contribution in [-0.4, -0.2) is 18.3 Å². The van der Waals surface area contributed by atoms with Crippen LogP contribution >= 0.6 is 0 Å². The zero-order valence-corrected chi connectivity index (χ0v) is 82.4. The summed E-state index contributed by atoms with van der Waals surface area (Å²) >= 11 is 0. The Morgan fingerprint density at radius 1 is 0.107 bits per heavy atom. The minimum absolute atomic E-state index is 1.10. The summed E-state index contributed by atoms with van der Waals surface area (Å²) < 4.78 is 9.63. The van der Waals surface area contributed by atoms with Gasteiger partial charge in [-0.1, -0.05) is 443 Å². The number of hydrogen-bond acceptors (Lipinski definition) is 2. The monoisotopic (exact) mass is 1910 g/mol. The summed E-state index contributed by atoms with van der Waals surface area (Å²) in [6.07, 6.45) is 0. The van der Waals surface area contributed by atoms with Crippen molar-refractivity contribution in [3.8, 4) is 123 Å². The Hall–Kier alpha value is -19.9. The van der Waals surface area contributed by atoms with Gasteiger partial charge in [-0.15, -0.1) is 0 Å². The van der Waals surface area contributed by atoms with Crippen LogP contribution in [0.25, 0.3) is 210 Å². The van der Waals surface area contributed by atoms with Gasteiger partial charge in [0.2, 0.25) is 0 Å². The normalized spacial score (nSPS) is 11.3. The van der Waals surface area contributed by atoms with Gasteiger partial charge >= 0.3 is 0 Å². The molecule has 28 aromatic rings. The van der Waals surface area contributed by atoms with Gasteiger partial charge in [0.25, 0.3) is 0 Å². The number of aromatic nitrogens is 4. The highest BCUT2D eigenvalue weighted by Crippen LogP contribution is 2.47. The van der Waals surface area contributed by atoms with Crippen LogP contribution in [0.2, 0.25) is 0 Å². The highest BCUT2D eigenvalue weighted by molar-refractivity contribution is 6.17. The smallest absolute Gasteiger partial charge is 0.0619 e. The van der Waals surface area contributed by atoms with E-state index in [4.69, 9.17) is 0 Å². The maximum Gasteiger partial charge on any atom is 0.0619 e. The fraction of sp³-hybridized carbons (Fsp3) is 0. The molecule has 0 N–H and O–H groups in total. The predicted molar refractivity (Wildman–Crippen MR) is 635 cm³/mol. The van der Waals surface area contributed by atoms with E-state index >= 15 is 0 Å². The van der Waals surface area contributed by atoms with Gasteiger partial charge in [0.1, 0.15) is 0 Å². The number of benzene rings is 24. The third-order valence-corrected chi connectivity index (χ3v) is 29.3. The van der Waals surface area contributed by atoms with Crippen LogP contribution in [-0.2, 0) is 0 Å². The van der Waals surface area contributed by atoms with Crippen LogP contribution in [0.4, 0.5) is 34.1 Å². The van der Waals surface area contributed by atoms with E-state index in [9.17, 15) is 0 Å². The van der Waals surface area contributed by atoms with Crippen LogP contribution in [0.5, 0.6) is 0 Å². The van der Waals surface area contributed by atoms with Crippen molar-refractivity contribution in [1.29, 1.82) is 0 Å². The standard InChI is InChI=1S/C48H32N2.2C48H34N2/c1-3-15-33(16-4-1)39-25-13-27-43-41-23-7-9-29-45(41)49(47(39)43)37-21-11-19-35(31-37)36-20-12-22-38(32-36)50-46-30-10-8-24-42(46)44-28-14-26-40(48(44)50)34-17-5-2-6-18-34;1-4-12-35(13-5-1)37-20-27-42(28-21-37)49(43-29-22-38(23-30-43)36-14-6-2-7-15-36)44-31-24-39(25-32-44)40-26-33-48-46(34-40)45-18-10-11-19-47(45)50(48)41-16-8-3-9-17-41;1-3-12-35(13-4-1)37-22-28-41(29-23-37)49(42-30-24-38(25-31-42)36-14-5-2-6-15-36)43-32-26-39(27-33-43)40-16-11-17-44(34-40)50-47-20-9-7-18-45(47)46-19-8-10-21-48(46)50/h1-32H;2*1-34H. The zero-order valence-electron chi connectivity index (χ0n) is 82.4. The molecule has 6 heteroatoms. The Labute approximate surface area is 872 Å². The minimum atomic E-state index is 1.10. The van der Waals surface area contributed by atoms with Crippen LogP contribution in [0, 0.1) is 0 Å². The molecule has 0 unspecified atom stereocenters. The lowest BCUT2D eigenvalue weighted by Crippen LogP contribution is -2.09. The average Bonchev–Trinajstić information content (AvgIpc) is 1.59. The molecule has 0 aliphatic heterocycles. The van der Waals surface area contributed by atoms with E-state index < -0.39 is 0 Å². The summed E-state index contributed by atoms with van der Waals surface area (Å²) in [4.78, 5) is 4.67. The molecule has 0 amide bonds. The summed E-state index contributed by atoms with van der Waals surface area (Å²) in [5.74, 6) is 0. The fourth-order valence-electron chi connectivity index (χ4n) is 22.2. The molecular formula is C144H100N6. The molecule has 28 rings (SSSR count). The SMILES string of the molecule is c1ccc(-c2ccc(N(c3ccc(-c4ccccc4)cc3)c3ccc(-c4ccc5c(c4)c4ccccc4n5-c4ccccc4)cc3)cc2)cc1.c1ccc(-c2ccc(N(c3ccc(-c4ccccc4)cc3)c3ccc(-c4cccc(-n5c6ccccc6c6ccccc65)c4)cc3)cc2)cc1.c1ccc(-c2cccc3c4ccccc4n(-c4cccc(-c5cccc(-n6c7ccccc7c7cccc(-c8ccccc8)c76)c5)c4)c23)cc1. The van der Waals surface area contributed by atoms with Gasteiger partial charge in [0, 0.05) is 111 Å². The van der Waals surface area contributed by atoms with Gasteiger partial charge in [-0.25, -0.2) is 0 Å². The third kappa shape index (κ3) is 17.3. The van der Waals surface area contributed by atoms with E-state index in [1.54, 1.807) is 0 Å². The van der Waals surface area contributed by atoms with E-state index in [1.165, 1.54) is 193 Å². The molecule has 0 spiro atoms. The van der Waals surface area contributed by atoms with Crippen molar-refractivity contribution in [3.05, 3.63) is 607 Å². The fourth-order valence-corrected chi connectivity index (χ4v) is 22.2. The van der Waals surface area contributed by atoms with Crippen LogP contribution in [0.3, 0.4) is 0 Å². The molecule has 150 heavy (non-hydrogen) atoms. The summed E-state index contributed by atoms with van der Waals surface area (Å²) in [5, 5.41) is 10.1. The number of para-hydroxylation sites is 8. The Kier molecular flexibility index (Phi) is 24.0. The second kappa shape index (κ2) is 40.0. The zero-order chi connectivity index (χ0) is 99.6. The first-order valence-electron chi connectivity index (χ1n) is 51.4. The summed E-state index contributed by atoms with van der Waals surface area (Å²) in [6.45, 7) is 0. The molecule has 4 heterocycles. The molecule has 0 radical (unpaired) electrons. The van der Waals surface area contributed by atoms with E-state index in [1.807, 2.05) is 0 Å². The van der Waals surface area contributed by atoms with Crippen LogP contribution in [0.15, 0.2) is 607 Å². The van der Waals surface area contributed by atoms with Crippen molar-refractivity contribution in [3.63, 3.8) is 0 Å². The molecule has 4 aromatic heterocycles. The lowest BCUT2D eigenvalue weighted by atomic mass is 10.0. The lowest BCUT2D eigenvalue weighted by Gasteiger charge is -2.26. The van der Waals surface area contributed by atoms with Crippen LogP contribution in [0.1, 0.15) is 0 Å². The largest absolute Gasteiger partial charge is 0.311 e. The van der Waals surface area contributed by atoms with Crippen molar-refractivity contribution in [1.82, 2.24) is 18.3 Å². The highest BCUT2D eigenvalue weighted by Gasteiger charge is 2.24. The summed E-state index contributed by atoms with van der Waals surface area (Å²) in [7, 11) is 0. The number of rotatable bonds is 19. The quantitative estimate of drug-likeness (QED) is 0.0806. The average molecular weight is 1910 g/mol. The molecule has 0 aliphatic rings. The molecule has 0 atom stereocenters. The van der Waals surface area contributed by atoms with Gasteiger partial charge in [-0.2, -0.15) is 0 Å². The van der Waals surface area contributed by atoms with E-state index in [0.717, 1.165) is 51.2 Å². The first kappa shape index (κ1) is 90.1. The van der Waals surface area contributed by atoms with Gasteiger partial charge in [-0.3, -0.25) is 0 Å².